The molecule has 1 unspecified atom stereocenters. The molecule has 1 amide bonds. The van der Waals surface area contributed by atoms with E-state index in [4.69, 9.17) is 9.47 Å². The Balaban J connectivity index is 2.19. The zero-order valence-corrected chi connectivity index (χ0v) is 12.2. The Labute approximate surface area is 123 Å². The number of nitrogens with zero attached hydrogens (tertiary/aromatic N) is 1. The summed E-state index contributed by atoms with van der Waals surface area (Å²) in [6, 6.07) is 5.04. The van der Waals surface area contributed by atoms with Gasteiger partial charge in [-0.3, -0.25) is 14.5 Å². The van der Waals surface area contributed by atoms with E-state index in [0.29, 0.717) is 23.4 Å². The zero-order valence-electron chi connectivity index (χ0n) is 12.2. The molecule has 0 spiro atoms. The van der Waals surface area contributed by atoms with Gasteiger partial charge in [0.2, 0.25) is 0 Å². The number of hydrogen-bond acceptors (Lipinski definition) is 5. The molecular weight excluding hydrogens is 274 g/mol. The van der Waals surface area contributed by atoms with E-state index in [2.05, 4.69) is 0 Å². The third-order valence-electron chi connectivity index (χ3n) is 3.34. The number of anilines is 1. The minimum absolute atomic E-state index is 0.109. The SMILES string of the molecule is CCC(C)OC(=O)CN1C(=O)COc2ccc(CO)cc21. The standard InChI is InChI=1S/C15H19NO5/c1-3-10(2)21-15(19)7-16-12-6-11(8-17)4-5-13(12)20-9-14(16)18/h4-6,10,17H,3,7-9H2,1-2H3. The number of rotatable bonds is 5. The molecule has 6 heteroatoms. The minimum Gasteiger partial charge on any atom is -0.482 e. The molecule has 2 rings (SSSR count). The predicted molar refractivity (Wildman–Crippen MR) is 76.1 cm³/mol. The maximum absolute atomic E-state index is 12.0. The summed E-state index contributed by atoms with van der Waals surface area (Å²) in [6.07, 6.45) is 0.533. The van der Waals surface area contributed by atoms with Gasteiger partial charge in [0.25, 0.3) is 5.91 Å². The first-order chi connectivity index (χ1) is 10.0. The lowest BCUT2D eigenvalue weighted by molar-refractivity contribution is -0.147. The summed E-state index contributed by atoms with van der Waals surface area (Å²) < 4.78 is 10.5. The van der Waals surface area contributed by atoms with Gasteiger partial charge in [-0.05, 0) is 31.0 Å². The highest BCUT2D eigenvalue weighted by atomic mass is 16.5. The second kappa shape index (κ2) is 6.58. The Morgan fingerprint density at radius 1 is 1.52 bits per heavy atom. The number of benzene rings is 1. The van der Waals surface area contributed by atoms with Crippen LogP contribution >= 0.6 is 0 Å². The third-order valence-corrected chi connectivity index (χ3v) is 3.34. The second-order valence-corrected chi connectivity index (χ2v) is 4.94. The van der Waals surface area contributed by atoms with Gasteiger partial charge >= 0.3 is 5.97 Å². The quantitative estimate of drug-likeness (QED) is 0.827. The van der Waals surface area contributed by atoms with E-state index in [1.165, 1.54) is 4.90 Å². The van der Waals surface area contributed by atoms with Crippen LogP contribution in [0, 0.1) is 0 Å². The summed E-state index contributed by atoms with van der Waals surface area (Å²) in [5.74, 6) is -0.248. The maximum Gasteiger partial charge on any atom is 0.326 e. The van der Waals surface area contributed by atoms with Crippen LogP contribution in [-0.4, -0.2) is 36.2 Å². The summed E-state index contributed by atoms with van der Waals surface area (Å²) in [4.78, 5) is 25.2. The molecule has 21 heavy (non-hydrogen) atoms. The molecule has 1 aliphatic rings. The normalized spacial score (nSPS) is 15.2. The van der Waals surface area contributed by atoms with Gasteiger partial charge in [-0.2, -0.15) is 0 Å². The van der Waals surface area contributed by atoms with Crippen LogP contribution < -0.4 is 9.64 Å². The molecule has 1 aliphatic heterocycles. The largest absolute Gasteiger partial charge is 0.482 e. The van der Waals surface area contributed by atoms with E-state index in [1.807, 2.05) is 6.92 Å². The molecule has 0 saturated carbocycles. The van der Waals surface area contributed by atoms with Crippen LogP contribution in [0.1, 0.15) is 25.8 Å². The van der Waals surface area contributed by atoms with Crippen LogP contribution in [0.4, 0.5) is 5.69 Å². The molecule has 0 aromatic heterocycles. The van der Waals surface area contributed by atoms with Crippen molar-refractivity contribution in [2.75, 3.05) is 18.1 Å². The van der Waals surface area contributed by atoms with Crippen LogP contribution in [0.25, 0.3) is 0 Å². The third kappa shape index (κ3) is 3.52. The van der Waals surface area contributed by atoms with Crippen LogP contribution in [0.2, 0.25) is 0 Å². The summed E-state index contributed by atoms with van der Waals surface area (Å²) in [6.45, 7) is 3.31. The number of carbonyl (C=O) groups excluding carboxylic acids is 2. The first-order valence-electron chi connectivity index (χ1n) is 6.91. The topological polar surface area (TPSA) is 76.1 Å². The Hall–Kier alpha value is -2.08. The summed E-state index contributed by atoms with van der Waals surface area (Å²) in [5, 5.41) is 9.19. The molecule has 0 fully saturated rings. The van der Waals surface area contributed by atoms with E-state index >= 15 is 0 Å². The van der Waals surface area contributed by atoms with E-state index in [0.717, 1.165) is 0 Å². The molecule has 0 bridgehead atoms. The number of ether oxygens (including phenoxy) is 2. The minimum atomic E-state index is -0.458. The van der Waals surface area contributed by atoms with Crippen LogP contribution in [0.15, 0.2) is 18.2 Å². The first kappa shape index (κ1) is 15.3. The molecule has 0 saturated heterocycles. The van der Waals surface area contributed by atoms with Gasteiger partial charge in [-0.15, -0.1) is 0 Å². The summed E-state index contributed by atoms with van der Waals surface area (Å²) in [5.41, 5.74) is 1.13. The molecule has 0 radical (unpaired) electrons. The average molecular weight is 293 g/mol. The van der Waals surface area contributed by atoms with E-state index in [-0.39, 0.29) is 31.8 Å². The van der Waals surface area contributed by atoms with Crippen molar-refractivity contribution in [2.24, 2.45) is 0 Å². The first-order valence-corrected chi connectivity index (χ1v) is 6.91. The maximum atomic E-state index is 12.0. The monoisotopic (exact) mass is 293 g/mol. The molecule has 114 valence electrons. The fraction of sp³-hybridized carbons (Fsp3) is 0.467. The van der Waals surface area contributed by atoms with Crippen LogP contribution in [-0.2, 0) is 20.9 Å². The van der Waals surface area contributed by atoms with Gasteiger partial charge in [-0.25, -0.2) is 0 Å². The number of amides is 1. The Morgan fingerprint density at radius 2 is 2.29 bits per heavy atom. The molecule has 1 aromatic rings. The van der Waals surface area contributed by atoms with Crippen LogP contribution in [0.3, 0.4) is 0 Å². The highest BCUT2D eigenvalue weighted by Crippen LogP contribution is 2.32. The molecular formula is C15H19NO5. The summed E-state index contributed by atoms with van der Waals surface area (Å²) >= 11 is 0. The van der Waals surface area contributed by atoms with Crippen molar-refractivity contribution in [1.82, 2.24) is 0 Å². The highest BCUT2D eigenvalue weighted by Gasteiger charge is 2.28. The Kier molecular flexibility index (Phi) is 4.80. The van der Waals surface area contributed by atoms with Crippen molar-refractivity contribution in [3.63, 3.8) is 0 Å². The van der Waals surface area contributed by atoms with Crippen molar-refractivity contribution in [1.29, 1.82) is 0 Å². The van der Waals surface area contributed by atoms with Crippen molar-refractivity contribution >= 4 is 17.6 Å². The lowest BCUT2D eigenvalue weighted by atomic mass is 10.1. The number of aliphatic hydroxyl groups excluding tert-OH is 1. The van der Waals surface area contributed by atoms with Gasteiger partial charge in [0, 0.05) is 0 Å². The van der Waals surface area contributed by atoms with Crippen molar-refractivity contribution in [3.05, 3.63) is 23.8 Å². The smallest absolute Gasteiger partial charge is 0.326 e. The Bertz CT molecular complexity index is 543. The predicted octanol–water partition coefficient (Wildman–Crippen LogP) is 1.25. The lowest BCUT2D eigenvalue weighted by Gasteiger charge is -2.29. The molecule has 1 heterocycles. The average Bonchev–Trinajstić information content (AvgIpc) is 2.49. The fourth-order valence-electron chi connectivity index (χ4n) is 1.99. The highest BCUT2D eigenvalue weighted by molar-refractivity contribution is 6.01. The molecule has 0 aliphatic carbocycles. The van der Waals surface area contributed by atoms with E-state index in [1.54, 1.807) is 25.1 Å². The zero-order chi connectivity index (χ0) is 15.4. The van der Waals surface area contributed by atoms with E-state index < -0.39 is 5.97 Å². The van der Waals surface area contributed by atoms with Gasteiger partial charge in [-0.1, -0.05) is 13.0 Å². The lowest BCUT2D eigenvalue weighted by Crippen LogP contribution is -2.43. The number of fused-ring (bicyclic) bond motifs is 1. The summed E-state index contributed by atoms with van der Waals surface area (Å²) in [7, 11) is 0. The van der Waals surface area contributed by atoms with Gasteiger partial charge in [0.05, 0.1) is 18.4 Å². The number of aliphatic hydroxyl groups is 1. The van der Waals surface area contributed by atoms with Crippen molar-refractivity contribution in [2.45, 2.75) is 33.0 Å². The van der Waals surface area contributed by atoms with Gasteiger partial charge < -0.3 is 14.6 Å². The molecule has 1 aromatic carbocycles. The van der Waals surface area contributed by atoms with Gasteiger partial charge in [0.15, 0.2) is 6.61 Å². The molecule has 6 nitrogen and oxygen atoms in total. The second-order valence-electron chi connectivity index (χ2n) is 4.94. The number of carbonyl (C=O) groups is 2. The molecule has 1 atom stereocenters. The number of hydrogen-bond donors (Lipinski definition) is 1. The van der Waals surface area contributed by atoms with Crippen LogP contribution in [0.5, 0.6) is 5.75 Å². The molecule has 1 N–H and O–H groups in total. The van der Waals surface area contributed by atoms with Crippen molar-refractivity contribution in [3.8, 4) is 5.75 Å². The van der Waals surface area contributed by atoms with Gasteiger partial charge in [0.1, 0.15) is 12.3 Å². The van der Waals surface area contributed by atoms with E-state index in [9.17, 15) is 14.7 Å². The fourth-order valence-corrected chi connectivity index (χ4v) is 1.99. The Morgan fingerprint density at radius 3 is 2.95 bits per heavy atom. The number of esters is 1. The van der Waals surface area contributed by atoms with Crippen molar-refractivity contribution < 1.29 is 24.2 Å².